The van der Waals surface area contributed by atoms with Gasteiger partial charge >= 0.3 is 0 Å². The smallest absolute Gasteiger partial charge is 0.123 e. The van der Waals surface area contributed by atoms with E-state index in [0.29, 0.717) is 0 Å². The molecule has 0 spiro atoms. The summed E-state index contributed by atoms with van der Waals surface area (Å²) in [6.45, 7) is 5.06. The Morgan fingerprint density at radius 2 is 2.26 bits per heavy atom. The van der Waals surface area contributed by atoms with E-state index in [9.17, 15) is 0 Å². The van der Waals surface area contributed by atoms with Gasteiger partial charge in [0.25, 0.3) is 0 Å². The maximum atomic E-state index is 5.88. The van der Waals surface area contributed by atoms with Crippen molar-refractivity contribution in [3.05, 3.63) is 41.7 Å². The molecule has 0 radical (unpaired) electrons. The van der Waals surface area contributed by atoms with Gasteiger partial charge in [0.05, 0.1) is 11.9 Å². The van der Waals surface area contributed by atoms with Gasteiger partial charge in [-0.2, -0.15) is 5.10 Å². The van der Waals surface area contributed by atoms with E-state index < -0.39 is 0 Å². The van der Waals surface area contributed by atoms with E-state index in [1.807, 2.05) is 19.4 Å². The van der Waals surface area contributed by atoms with Crippen LogP contribution in [0.25, 0.3) is 0 Å². The molecule has 4 heteroatoms. The molecule has 0 saturated carbocycles. The van der Waals surface area contributed by atoms with Crippen molar-refractivity contribution < 1.29 is 4.74 Å². The van der Waals surface area contributed by atoms with E-state index in [-0.39, 0.29) is 5.60 Å². The number of hydrogen-bond donors (Lipinski definition) is 1. The molecule has 1 aliphatic heterocycles. The third-order valence-electron chi connectivity index (χ3n) is 3.33. The van der Waals surface area contributed by atoms with Gasteiger partial charge in [-0.05, 0) is 31.0 Å². The van der Waals surface area contributed by atoms with E-state index in [1.165, 1.54) is 11.1 Å². The number of nitrogens with zero attached hydrogens (tertiary/aromatic N) is 2. The van der Waals surface area contributed by atoms with Gasteiger partial charge in [0.15, 0.2) is 0 Å². The van der Waals surface area contributed by atoms with Crippen LogP contribution in [0.5, 0.6) is 5.75 Å². The zero-order valence-electron chi connectivity index (χ0n) is 11.6. The summed E-state index contributed by atoms with van der Waals surface area (Å²) in [4.78, 5) is 0. The number of hydrogen-bond acceptors (Lipinski definition) is 3. The van der Waals surface area contributed by atoms with Crippen molar-refractivity contribution in [3.8, 4) is 5.75 Å². The van der Waals surface area contributed by atoms with Crippen LogP contribution in [-0.4, -0.2) is 15.4 Å². The number of aromatic nitrogens is 2. The lowest BCUT2D eigenvalue weighted by atomic mass is 10.0. The minimum atomic E-state index is -0.0717. The first kappa shape index (κ1) is 12.1. The Bertz CT molecular complexity index is 601. The summed E-state index contributed by atoms with van der Waals surface area (Å²) in [6, 6.07) is 6.42. The molecular formula is C15H19N3O. The summed E-state index contributed by atoms with van der Waals surface area (Å²) in [7, 11) is 1.92. The summed E-state index contributed by atoms with van der Waals surface area (Å²) in [5, 5.41) is 7.51. The molecule has 1 N–H and O–H groups in total. The number of aryl methyl sites for hydroxylation is 1. The van der Waals surface area contributed by atoms with Crippen LogP contribution in [0, 0.1) is 0 Å². The first-order valence-electron chi connectivity index (χ1n) is 6.55. The second kappa shape index (κ2) is 4.30. The van der Waals surface area contributed by atoms with Crippen LogP contribution in [0.15, 0.2) is 30.6 Å². The number of nitrogens with one attached hydrogen (secondary N) is 1. The van der Waals surface area contributed by atoms with Crippen molar-refractivity contribution in [2.45, 2.75) is 32.4 Å². The molecule has 1 aliphatic rings. The normalized spacial score (nSPS) is 15.9. The average molecular weight is 257 g/mol. The van der Waals surface area contributed by atoms with Crippen molar-refractivity contribution in [3.63, 3.8) is 0 Å². The highest BCUT2D eigenvalue weighted by Gasteiger charge is 2.29. The first-order chi connectivity index (χ1) is 9.02. The van der Waals surface area contributed by atoms with Gasteiger partial charge in [0.2, 0.25) is 0 Å². The average Bonchev–Trinajstić information content (AvgIpc) is 2.87. The number of ether oxygens (including phenoxy) is 1. The molecule has 100 valence electrons. The summed E-state index contributed by atoms with van der Waals surface area (Å²) in [6.07, 6.45) is 4.78. The van der Waals surface area contributed by atoms with Gasteiger partial charge in [-0.25, -0.2) is 0 Å². The molecule has 19 heavy (non-hydrogen) atoms. The fourth-order valence-electron chi connectivity index (χ4n) is 2.49. The topological polar surface area (TPSA) is 39.1 Å². The van der Waals surface area contributed by atoms with Gasteiger partial charge in [-0.15, -0.1) is 0 Å². The Morgan fingerprint density at radius 3 is 3.00 bits per heavy atom. The third kappa shape index (κ3) is 2.57. The Labute approximate surface area is 113 Å². The Balaban J connectivity index is 1.70. The van der Waals surface area contributed by atoms with E-state index >= 15 is 0 Å². The Hall–Kier alpha value is -1.97. The second-order valence-electron chi connectivity index (χ2n) is 5.74. The van der Waals surface area contributed by atoms with E-state index in [1.54, 1.807) is 4.68 Å². The van der Waals surface area contributed by atoms with Gasteiger partial charge < -0.3 is 10.1 Å². The Morgan fingerprint density at radius 1 is 1.42 bits per heavy atom. The predicted molar refractivity (Wildman–Crippen MR) is 75.4 cm³/mol. The molecule has 0 atom stereocenters. The summed E-state index contributed by atoms with van der Waals surface area (Å²) in [5.74, 6) is 1.02. The molecule has 0 amide bonds. The summed E-state index contributed by atoms with van der Waals surface area (Å²) >= 11 is 0. The standard InChI is InChI=1S/C15H19N3O/c1-15(2)7-12-6-11(4-5-14(12)19-15)8-16-13-9-17-18(3)10-13/h4-6,9-10,16H,7-8H2,1-3H3. The minimum absolute atomic E-state index is 0.0717. The molecule has 0 fully saturated rings. The van der Waals surface area contributed by atoms with Crippen LogP contribution in [0.2, 0.25) is 0 Å². The maximum Gasteiger partial charge on any atom is 0.123 e. The lowest BCUT2D eigenvalue weighted by Gasteiger charge is -2.16. The molecule has 2 heterocycles. The van der Waals surface area contributed by atoms with Gasteiger partial charge in [0.1, 0.15) is 11.4 Å². The maximum absolute atomic E-state index is 5.88. The highest BCUT2D eigenvalue weighted by atomic mass is 16.5. The highest BCUT2D eigenvalue weighted by Crippen LogP contribution is 2.35. The van der Waals surface area contributed by atoms with Crippen LogP contribution in [0.3, 0.4) is 0 Å². The summed E-state index contributed by atoms with van der Waals surface area (Å²) < 4.78 is 7.67. The molecule has 1 aromatic carbocycles. The molecule has 0 bridgehead atoms. The Kier molecular flexibility index (Phi) is 2.73. The zero-order chi connectivity index (χ0) is 13.5. The molecule has 0 unspecified atom stereocenters. The lowest BCUT2D eigenvalue weighted by molar-refractivity contribution is 0.138. The van der Waals surface area contributed by atoms with Crippen LogP contribution in [-0.2, 0) is 20.0 Å². The van der Waals surface area contributed by atoms with E-state index in [2.05, 4.69) is 42.5 Å². The van der Waals surface area contributed by atoms with E-state index in [0.717, 1.165) is 24.4 Å². The van der Waals surface area contributed by atoms with Gasteiger partial charge in [0, 0.05) is 26.2 Å². The number of anilines is 1. The van der Waals surface area contributed by atoms with Crippen LogP contribution >= 0.6 is 0 Å². The fourth-order valence-corrected chi connectivity index (χ4v) is 2.49. The SMILES string of the molecule is Cn1cc(NCc2ccc3c(c2)CC(C)(C)O3)cn1. The molecule has 1 aromatic heterocycles. The van der Waals surface area contributed by atoms with Crippen LogP contribution in [0.4, 0.5) is 5.69 Å². The third-order valence-corrected chi connectivity index (χ3v) is 3.33. The van der Waals surface area contributed by atoms with Crippen molar-refractivity contribution in [1.29, 1.82) is 0 Å². The molecule has 3 rings (SSSR count). The lowest BCUT2D eigenvalue weighted by Crippen LogP contribution is -2.24. The zero-order valence-corrected chi connectivity index (χ0v) is 11.6. The van der Waals surface area contributed by atoms with Crippen molar-refractivity contribution in [1.82, 2.24) is 9.78 Å². The van der Waals surface area contributed by atoms with E-state index in [4.69, 9.17) is 4.74 Å². The second-order valence-corrected chi connectivity index (χ2v) is 5.74. The quantitative estimate of drug-likeness (QED) is 0.919. The number of benzene rings is 1. The van der Waals surface area contributed by atoms with Crippen LogP contribution in [0.1, 0.15) is 25.0 Å². The van der Waals surface area contributed by atoms with Gasteiger partial charge in [-0.3, -0.25) is 4.68 Å². The van der Waals surface area contributed by atoms with Crippen molar-refractivity contribution >= 4 is 5.69 Å². The molecule has 2 aromatic rings. The molecule has 0 saturated heterocycles. The van der Waals surface area contributed by atoms with Crippen LogP contribution < -0.4 is 10.1 Å². The molecule has 0 aliphatic carbocycles. The molecule has 4 nitrogen and oxygen atoms in total. The minimum Gasteiger partial charge on any atom is -0.487 e. The largest absolute Gasteiger partial charge is 0.487 e. The highest BCUT2D eigenvalue weighted by molar-refractivity contribution is 5.44. The van der Waals surface area contributed by atoms with Gasteiger partial charge in [-0.1, -0.05) is 12.1 Å². The van der Waals surface area contributed by atoms with Crippen molar-refractivity contribution in [2.24, 2.45) is 7.05 Å². The fraction of sp³-hybridized carbons (Fsp3) is 0.400. The van der Waals surface area contributed by atoms with Crippen molar-refractivity contribution in [2.75, 3.05) is 5.32 Å². The summed E-state index contributed by atoms with van der Waals surface area (Å²) in [5.41, 5.74) is 3.54. The monoisotopic (exact) mass is 257 g/mol. The number of fused-ring (bicyclic) bond motifs is 1. The molecular weight excluding hydrogens is 238 g/mol. The first-order valence-corrected chi connectivity index (χ1v) is 6.55. The predicted octanol–water partition coefficient (Wildman–Crippen LogP) is 2.75. The number of rotatable bonds is 3.